The van der Waals surface area contributed by atoms with Crippen LogP contribution in [0, 0.1) is 0 Å². The van der Waals surface area contributed by atoms with Gasteiger partial charge in [-0.2, -0.15) is 13.2 Å². The summed E-state index contributed by atoms with van der Waals surface area (Å²) in [7, 11) is 2.56. The van der Waals surface area contributed by atoms with Gasteiger partial charge < -0.3 is 25.5 Å². The quantitative estimate of drug-likeness (QED) is 0.340. The van der Waals surface area contributed by atoms with Crippen LogP contribution < -0.4 is 16.1 Å². The van der Waals surface area contributed by atoms with Gasteiger partial charge >= 0.3 is 19.6 Å². The highest BCUT2D eigenvalue weighted by Gasteiger charge is 2.44. The lowest BCUT2D eigenvalue weighted by atomic mass is 9.87. The van der Waals surface area contributed by atoms with Gasteiger partial charge in [-0.05, 0) is 44.4 Å². The fraction of sp³-hybridized carbons (Fsp3) is 0.464. The molecule has 0 spiro atoms. The van der Waals surface area contributed by atoms with Gasteiger partial charge in [-0.25, -0.2) is 0 Å². The third-order valence-electron chi connectivity index (χ3n) is 7.14. The van der Waals surface area contributed by atoms with Gasteiger partial charge in [0.25, 0.3) is 0 Å². The van der Waals surface area contributed by atoms with Gasteiger partial charge in [0.2, 0.25) is 11.8 Å². The molecule has 2 aromatic carbocycles. The Balaban J connectivity index is 1.80. The lowest BCUT2D eigenvalue weighted by Crippen LogP contribution is -2.56. The topological polar surface area (TPSA) is 102 Å². The molecule has 0 aliphatic carbocycles. The summed E-state index contributed by atoms with van der Waals surface area (Å²) in [6.45, 7) is 1.55. The first-order chi connectivity index (χ1) is 19.0. The Hall–Kier alpha value is -3.38. The molecule has 1 unspecified atom stereocenters. The van der Waals surface area contributed by atoms with Crippen molar-refractivity contribution in [3.63, 3.8) is 0 Å². The van der Waals surface area contributed by atoms with Gasteiger partial charge in [0.1, 0.15) is 6.04 Å². The van der Waals surface area contributed by atoms with E-state index in [1.807, 2.05) is 0 Å². The van der Waals surface area contributed by atoms with E-state index in [1.165, 1.54) is 4.90 Å². The second kappa shape index (κ2) is 14.3. The Kier molecular flexibility index (Phi) is 11.1. The first-order valence-corrected chi connectivity index (χ1v) is 13.3. The van der Waals surface area contributed by atoms with Crippen molar-refractivity contribution in [1.29, 1.82) is 0 Å². The number of hydrogen-bond acceptors (Lipinski definition) is 5. The molecule has 215 valence electrons. The minimum absolute atomic E-state index is 0.144. The highest BCUT2D eigenvalue weighted by molar-refractivity contribution is 6.45. The number of likely N-dealkylation sites (N-methyl/N-ethyl adjacent to an activating group) is 1. The number of nitrogens with one attached hydrogen (secondary N) is 2. The monoisotopic (exact) mass is 559 g/mol. The molecule has 0 aromatic heterocycles. The standard InChI is InChI=1S/C28H35BF3N4O4/c1-19(33-2)25(37)34-24(17-21-10-12-22(29-40)13-11-21)26(38)36-15-6-9-23(36)18-35(27(39)28(30,31)32)16-14-20-7-4-3-5-8-20/h3-5,7-8,10-13,19,23-24,33,40H,6,9,14-18H2,1-2H3,(H,34,37)/t19-,23-,24?/m0/s1. The van der Waals surface area contributed by atoms with Crippen molar-refractivity contribution in [2.24, 2.45) is 0 Å². The molecule has 0 saturated carbocycles. The van der Waals surface area contributed by atoms with E-state index in [9.17, 15) is 32.6 Å². The summed E-state index contributed by atoms with van der Waals surface area (Å²) < 4.78 is 40.5. The number of hydrogen-bond donors (Lipinski definition) is 3. The molecule has 1 heterocycles. The van der Waals surface area contributed by atoms with Crippen molar-refractivity contribution in [3.8, 4) is 0 Å². The zero-order valence-corrected chi connectivity index (χ0v) is 22.7. The molecule has 1 fully saturated rings. The Bertz CT molecular complexity index is 1130. The Labute approximate surface area is 233 Å². The normalized spacial score (nSPS) is 16.8. The fourth-order valence-electron chi connectivity index (χ4n) is 4.74. The van der Waals surface area contributed by atoms with Crippen LogP contribution >= 0.6 is 0 Å². The smallest absolute Gasteiger partial charge is 0.450 e. The summed E-state index contributed by atoms with van der Waals surface area (Å²) in [5.41, 5.74) is 2.10. The van der Waals surface area contributed by atoms with E-state index in [0.717, 1.165) is 23.5 Å². The predicted octanol–water partition coefficient (Wildman–Crippen LogP) is 1.18. The SMILES string of the molecule is CN[C@@H](C)C(=O)NC(Cc1ccc([B]O)cc1)C(=O)N1CCC[C@H]1CN(CCc1ccccc1)C(=O)C(F)(F)F. The van der Waals surface area contributed by atoms with Gasteiger partial charge in [-0.1, -0.05) is 60.1 Å². The van der Waals surface area contributed by atoms with Crippen molar-refractivity contribution in [1.82, 2.24) is 20.4 Å². The number of alkyl halides is 3. The average Bonchev–Trinajstić information content (AvgIpc) is 3.42. The van der Waals surface area contributed by atoms with E-state index in [4.69, 9.17) is 0 Å². The summed E-state index contributed by atoms with van der Waals surface area (Å²) in [6.07, 6.45) is -3.65. The Morgan fingerprint density at radius 1 is 1.10 bits per heavy atom. The second-order valence-corrected chi connectivity index (χ2v) is 9.96. The minimum atomic E-state index is -5.04. The van der Waals surface area contributed by atoms with Crippen molar-refractivity contribution < 1.29 is 32.6 Å². The summed E-state index contributed by atoms with van der Waals surface area (Å²) in [4.78, 5) is 41.1. The molecule has 2 aromatic rings. The number of rotatable bonds is 12. The Morgan fingerprint density at radius 3 is 2.38 bits per heavy atom. The highest BCUT2D eigenvalue weighted by Crippen LogP contribution is 2.24. The minimum Gasteiger partial charge on any atom is -0.450 e. The van der Waals surface area contributed by atoms with Crippen LogP contribution in [-0.2, 0) is 27.2 Å². The van der Waals surface area contributed by atoms with E-state index in [1.54, 1.807) is 68.6 Å². The summed E-state index contributed by atoms with van der Waals surface area (Å²) in [5.74, 6) is -2.75. The summed E-state index contributed by atoms with van der Waals surface area (Å²) in [5, 5.41) is 14.8. The molecule has 3 amide bonds. The summed E-state index contributed by atoms with van der Waals surface area (Å²) in [6, 6.07) is 13.6. The van der Waals surface area contributed by atoms with Crippen molar-refractivity contribution in [2.45, 2.75) is 56.9 Å². The third kappa shape index (κ3) is 8.56. The molecule has 40 heavy (non-hydrogen) atoms. The molecule has 1 radical (unpaired) electrons. The zero-order chi connectivity index (χ0) is 29.3. The highest BCUT2D eigenvalue weighted by atomic mass is 19.4. The van der Waals surface area contributed by atoms with E-state index in [0.29, 0.717) is 24.8 Å². The zero-order valence-electron chi connectivity index (χ0n) is 22.7. The van der Waals surface area contributed by atoms with Crippen LogP contribution in [0.15, 0.2) is 54.6 Å². The lowest BCUT2D eigenvalue weighted by molar-refractivity contribution is -0.186. The predicted molar refractivity (Wildman–Crippen MR) is 146 cm³/mol. The second-order valence-electron chi connectivity index (χ2n) is 9.96. The van der Waals surface area contributed by atoms with Crippen LogP contribution in [0.5, 0.6) is 0 Å². The number of benzene rings is 2. The lowest BCUT2D eigenvalue weighted by Gasteiger charge is -2.34. The molecular formula is C28H35BF3N4O4. The molecule has 12 heteroatoms. The molecule has 1 aliphatic heterocycles. The molecule has 3 N–H and O–H groups in total. The van der Waals surface area contributed by atoms with Crippen LogP contribution in [0.2, 0.25) is 0 Å². The first-order valence-electron chi connectivity index (χ1n) is 13.3. The van der Waals surface area contributed by atoms with Crippen molar-refractivity contribution in [2.75, 3.05) is 26.7 Å². The van der Waals surface area contributed by atoms with Crippen LogP contribution in [0.3, 0.4) is 0 Å². The van der Waals surface area contributed by atoms with Gasteiger partial charge in [0, 0.05) is 32.1 Å². The number of nitrogens with zero attached hydrogens (tertiary/aromatic N) is 2. The number of carbonyl (C=O) groups is 3. The van der Waals surface area contributed by atoms with Gasteiger partial charge in [-0.15, -0.1) is 0 Å². The van der Waals surface area contributed by atoms with Crippen LogP contribution in [-0.4, -0.2) is 91.0 Å². The third-order valence-corrected chi connectivity index (χ3v) is 7.14. The first kappa shape index (κ1) is 31.2. The number of carbonyl (C=O) groups excluding carboxylic acids is 3. The van der Waals surface area contributed by atoms with Crippen LogP contribution in [0.1, 0.15) is 30.9 Å². The van der Waals surface area contributed by atoms with Gasteiger partial charge in [0.15, 0.2) is 0 Å². The maximum Gasteiger partial charge on any atom is 0.471 e. The molecule has 1 aliphatic rings. The molecule has 0 bridgehead atoms. The van der Waals surface area contributed by atoms with Crippen molar-refractivity contribution >= 4 is 30.7 Å². The van der Waals surface area contributed by atoms with Crippen LogP contribution in [0.4, 0.5) is 13.2 Å². The molecule has 3 rings (SSSR count). The molecular weight excluding hydrogens is 524 g/mol. The van der Waals surface area contributed by atoms with Gasteiger partial charge in [0.05, 0.1) is 6.04 Å². The van der Waals surface area contributed by atoms with E-state index in [-0.39, 0.29) is 25.9 Å². The fourth-order valence-corrected chi connectivity index (χ4v) is 4.74. The molecule has 1 saturated heterocycles. The summed E-state index contributed by atoms with van der Waals surface area (Å²) >= 11 is 0. The van der Waals surface area contributed by atoms with Crippen LogP contribution in [0.25, 0.3) is 0 Å². The number of amides is 3. The van der Waals surface area contributed by atoms with E-state index >= 15 is 0 Å². The maximum absolute atomic E-state index is 13.8. The molecule has 8 nitrogen and oxygen atoms in total. The van der Waals surface area contributed by atoms with E-state index < -0.39 is 42.0 Å². The Morgan fingerprint density at radius 2 is 1.77 bits per heavy atom. The number of halogens is 3. The average molecular weight is 559 g/mol. The number of likely N-dealkylation sites (tertiary alicyclic amines) is 1. The van der Waals surface area contributed by atoms with Crippen molar-refractivity contribution in [3.05, 3.63) is 65.7 Å². The maximum atomic E-state index is 13.8. The van der Waals surface area contributed by atoms with E-state index in [2.05, 4.69) is 10.6 Å². The molecule has 3 atom stereocenters. The largest absolute Gasteiger partial charge is 0.471 e. The van der Waals surface area contributed by atoms with Gasteiger partial charge in [-0.3, -0.25) is 14.4 Å².